The summed E-state index contributed by atoms with van der Waals surface area (Å²) in [5, 5.41) is 7.77. The van der Waals surface area contributed by atoms with E-state index in [0.29, 0.717) is 39.5 Å². The highest BCUT2D eigenvalue weighted by Gasteiger charge is 2.16. The molecule has 10 heteroatoms. The van der Waals surface area contributed by atoms with Crippen LogP contribution in [0.1, 0.15) is 36.7 Å². The lowest BCUT2D eigenvalue weighted by Gasteiger charge is -2.14. The summed E-state index contributed by atoms with van der Waals surface area (Å²) in [5.41, 5.74) is 2.87. The summed E-state index contributed by atoms with van der Waals surface area (Å²) in [6.07, 6.45) is 1.58. The fraction of sp³-hybridized carbons (Fsp3) is 0.214. The van der Waals surface area contributed by atoms with Crippen molar-refractivity contribution >= 4 is 67.2 Å². The molecular formula is C28H26BrIN4O4. The SMILES string of the molecule is COc1cc(C=Nn2c(C(C)C)nc3ccc(Br)cc3c2=O)cc(I)c1OCC(=O)Nc1ccc(C)cc1. The fourth-order valence-electron chi connectivity index (χ4n) is 3.70. The number of benzene rings is 3. The van der Waals surface area contributed by atoms with E-state index in [-0.39, 0.29) is 24.0 Å². The lowest BCUT2D eigenvalue weighted by molar-refractivity contribution is -0.118. The van der Waals surface area contributed by atoms with Crippen molar-refractivity contribution in [2.24, 2.45) is 5.10 Å². The highest BCUT2D eigenvalue weighted by atomic mass is 127. The first kappa shape index (κ1) is 27.8. The standard InChI is InChI=1S/C28H26BrIN4O4/c1-16(2)27-33-23-10-7-19(29)13-21(23)28(36)34(27)31-14-18-11-22(30)26(24(12-18)37-4)38-15-25(35)32-20-8-5-17(3)6-9-20/h5-14,16H,15H2,1-4H3,(H,32,35). The summed E-state index contributed by atoms with van der Waals surface area (Å²) in [4.78, 5) is 30.3. The number of rotatable bonds is 8. The van der Waals surface area contributed by atoms with E-state index in [4.69, 9.17) is 9.47 Å². The van der Waals surface area contributed by atoms with Gasteiger partial charge in [0.25, 0.3) is 11.5 Å². The van der Waals surface area contributed by atoms with E-state index >= 15 is 0 Å². The van der Waals surface area contributed by atoms with Crippen molar-refractivity contribution in [3.8, 4) is 11.5 Å². The molecule has 3 aromatic carbocycles. The predicted octanol–water partition coefficient (Wildman–Crippen LogP) is 6.10. The van der Waals surface area contributed by atoms with Crippen molar-refractivity contribution in [3.63, 3.8) is 0 Å². The maximum atomic E-state index is 13.3. The molecule has 0 atom stereocenters. The Kier molecular flexibility index (Phi) is 8.83. The van der Waals surface area contributed by atoms with Crippen LogP contribution >= 0.6 is 38.5 Å². The van der Waals surface area contributed by atoms with Crippen LogP contribution in [0.5, 0.6) is 11.5 Å². The predicted molar refractivity (Wildman–Crippen MR) is 162 cm³/mol. The number of aromatic nitrogens is 2. The summed E-state index contributed by atoms with van der Waals surface area (Å²) in [5.74, 6) is 1.14. The van der Waals surface area contributed by atoms with E-state index in [1.165, 1.54) is 11.8 Å². The van der Waals surface area contributed by atoms with E-state index in [9.17, 15) is 9.59 Å². The molecule has 0 radical (unpaired) electrons. The molecule has 1 heterocycles. The van der Waals surface area contributed by atoms with Gasteiger partial charge < -0.3 is 14.8 Å². The number of aryl methyl sites for hydroxylation is 1. The summed E-state index contributed by atoms with van der Waals surface area (Å²) in [6, 6.07) is 16.5. The summed E-state index contributed by atoms with van der Waals surface area (Å²) in [6.45, 7) is 5.73. The minimum atomic E-state index is -0.284. The Morgan fingerprint density at radius 1 is 1.18 bits per heavy atom. The fourth-order valence-corrected chi connectivity index (χ4v) is 4.84. The number of hydrogen-bond acceptors (Lipinski definition) is 6. The number of halogens is 2. The van der Waals surface area contributed by atoms with Crippen LogP contribution in [0.3, 0.4) is 0 Å². The van der Waals surface area contributed by atoms with Gasteiger partial charge in [0.1, 0.15) is 5.82 Å². The molecule has 0 fully saturated rings. The minimum absolute atomic E-state index is 0.0237. The van der Waals surface area contributed by atoms with Crippen LogP contribution in [0, 0.1) is 10.5 Å². The largest absolute Gasteiger partial charge is 0.493 e. The molecule has 1 amide bonds. The van der Waals surface area contributed by atoms with Crippen LogP contribution in [0.15, 0.2) is 69.0 Å². The van der Waals surface area contributed by atoms with Gasteiger partial charge in [-0.1, -0.05) is 47.5 Å². The third-order valence-electron chi connectivity index (χ3n) is 5.61. The van der Waals surface area contributed by atoms with Gasteiger partial charge in [-0.25, -0.2) is 4.98 Å². The van der Waals surface area contributed by atoms with E-state index in [0.717, 1.165) is 13.6 Å². The number of hydrogen-bond donors (Lipinski definition) is 1. The number of amides is 1. The molecule has 1 aromatic heterocycles. The van der Waals surface area contributed by atoms with E-state index in [1.54, 1.807) is 18.3 Å². The van der Waals surface area contributed by atoms with Gasteiger partial charge in [0.15, 0.2) is 18.1 Å². The Morgan fingerprint density at radius 2 is 1.92 bits per heavy atom. The zero-order chi connectivity index (χ0) is 27.4. The monoisotopic (exact) mass is 688 g/mol. The molecule has 0 aliphatic heterocycles. The van der Waals surface area contributed by atoms with Crippen molar-refractivity contribution in [3.05, 3.63) is 89.9 Å². The van der Waals surface area contributed by atoms with Gasteiger partial charge in [-0.05, 0) is 77.5 Å². The maximum Gasteiger partial charge on any atom is 0.282 e. The minimum Gasteiger partial charge on any atom is -0.493 e. The number of ether oxygens (including phenoxy) is 2. The molecule has 0 bridgehead atoms. The van der Waals surface area contributed by atoms with Gasteiger partial charge in [-0.2, -0.15) is 9.78 Å². The van der Waals surface area contributed by atoms with E-state index in [2.05, 4.69) is 53.9 Å². The summed E-state index contributed by atoms with van der Waals surface area (Å²) >= 11 is 5.54. The zero-order valence-electron chi connectivity index (χ0n) is 21.3. The van der Waals surface area contributed by atoms with Gasteiger partial charge >= 0.3 is 0 Å². The third-order valence-corrected chi connectivity index (χ3v) is 6.90. The molecule has 0 aliphatic rings. The van der Waals surface area contributed by atoms with Crippen LogP contribution in [-0.2, 0) is 4.79 Å². The van der Waals surface area contributed by atoms with Crippen LogP contribution in [0.2, 0.25) is 0 Å². The van der Waals surface area contributed by atoms with Crippen molar-refractivity contribution in [2.75, 3.05) is 19.0 Å². The highest BCUT2D eigenvalue weighted by molar-refractivity contribution is 14.1. The van der Waals surface area contributed by atoms with E-state index < -0.39 is 0 Å². The second-order valence-corrected chi connectivity index (χ2v) is 11.0. The van der Waals surface area contributed by atoms with Crippen molar-refractivity contribution < 1.29 is 14.3 Å². The van der Waals surface area contributed by atoms with Gasteiger partial charge in [-0.3, -0.25) is 9.59 Å². The van der Waals surface area contributed by atoms with Crippen LogP contribution < -0.4 is 20.3 Å². The maximum absolute atomic E-state index is 13.3. The third kappa shape index (κ3) is 6.41. The van der Waals surface area contributed by atoms with Gasteiger partial charge in [0, 0.05) is 16.1 Å². The molecule has 38 heavy (non-hydrogen) atoms. The number of nitrogens with one attached hydrogen (secondary N) is 1. The second kappa shape index (κ2) is 12.1. The van der Waals surface area contributed by atoms with Gasteiger partial charge in [0.05, 0.1) is 27.8 Å². The van der Waals surface area contributed by atoms with Crippen molar-refractivity contribution in [1.29, 1.82) is 0 Å². The summed E-state index contributed by atoms with van der Waals surface area (Å²) < 4.78 is 14.2. The number of carbonyl (C=O) groups is 1. The number of fused-ring (bicyclic) bond motifs is 1. The Morgan fingerprint density at radius 3 is 2.61 bits per heavy atom. The molecule has 4 rings (SSSR count). The Labute approximate surface area is 242 Å². The Bertz CT molecular complexity index is 1580. The average Bonchev–Trinajstić information content (AvgIpc) is 2.88. The first-order valence-electron chi connectivity index (χ1n) is 11.8. The van der Waals surface area contributed by atoms with Crippen LogP contribution in [0.25, 0.3) is 10.9 Å². The molecule has 4 aromatic rings. The smallest absolute Gasteiger partial charge is 0.282 e. The number of carbonyl (C=O) groups excluding carboxylic acids is 1. The molecular weight excluding hydrogens is 663 g/mol. The molecule has 1 N–H and O–H groups in total. The number of methoxy groups -OCH3 is 1. The molecule has 0 spiro atoms. The molecule has 8 nitrogen and oxygen atoms in total. The Hall–Kier alpha value is -3.25. The quantitative estimate of drug-likeness (QED) is 0.178. The summed E-state index contributed by atoms with van der Waals surface area (Å²) in [7, 11) is 1.53. The van der Waals surface area contributed by atoms with Gasteiger partial charge in [0.2, 0.25) is 0 Å². The van der Waals surface area contributed by atoms with Crippen LogP contribution in [0.4, 0.5) is 5.69 Å². The zero-order valence-corrected chi connectivity index (χ0v) is 25.0. The average molecular weight is 689 g/mol. The number of nitrogens with zero attached hydrogens (tertiary/aromatic N) is 3. The van der Waals surface area contributed by atoms with Crippen LogP contribution in [-0.4, -0.2) is 35.5 Å². The second-order valence-electron chi connectivity index (χ2n) is 8.88. The molecule has 0 saturated carbocycles. The molecule has 196 valence electrons. The van der Waals surface area contributed by atoms with Gasteiger partial charge in [-0.15, -0.1) is 0 Å². The lowest BCUT2D eigenvalue weighted by atomic mass is 10.2. The molecule has 0 unspecified atom stereocenters. The molecule has 0 aliphatic carbocycles. The normalized spacial score (nSPS) is 11.3. The lowest BCUT2D eigenvalue weighted by Crippen LogP contribution is -2.23. The van der Waals surface area contributed by atoms with Crippen molar-refractivity contribution in [1.82, 2.24) is 9.66 Å². The first-order valence-corrected chi connectivity index (χ1v) is 13.7. The van der Waals surface area contributed by atoms with E-state index in [1.807, 2.05) is 63.2 Å². The number of anilines is 1. The Balaban J connectivity index is 1.58. The molecule has 0 saturated heterocycles. The first-order chi connectivity index (χ1) is 18.2. The van der Waals surface area contributed by atoms with Crippen molar-refractivity contribution in [2.45, 2.75) is 26.7 Å². The topological polar surface area (TPSA) is 94.8 Å². The highest BCUT2D eigenvalue weighted by Crippen LogP contribution is 2.33.